The number of hydrogen-bond donors (Lipinski definition) is 1. The first-order valence-electron chi connectivity index (χ1n) is 9.25. The molecule has 4 rings (SSSR count). The maximum Gasteiger partial charge on any atom is 0.166 e. The number of rotatable bonds is 7. The Kier molecular flexibility index (Phi) is 5.10. The molecule has 4 aromatic rings. The Labute approximate surface area is 163 Å². The molecule has 6 heteroatoms. The maximum absolute atomic E-state index is 5.76. The van der Waals surface area contributed by atoms with Gasteiger partial charge in [-0.25, -0.2) is 4.98 Å². The van der Waals surface area contributed by atoms with Crippen molar-refractivity contribution in [3.63, 3.8) is 0 Å². The van der Waals surface area contributed by atoms with Gasteiger partial charge in [-0.1, -0.05) is 5.16 Å². The predicted octanol–water partition coefficient (Wildman–Crippen LogP) is 5.43. The van der Waals surface area contributed by atoms with E-state index in [9.17, 15) is 0 Å². The van der Waals surface area contributed by atoms with Crippen LogP contribution in [-0.2, 0) is 0 Å². The molecule has 0 saturated carbocycles. The lowest BCUT2D eigenvalue weighted by Gasteiger charge is -2.14. The lowest BCUT2D eigenvalue weighted by atomic mass is 10.1. The third-order valence-electron chi connectivity index (χ3n) is 4.30. The minimum absolute atomic E-state index is 0.567. The molecule has 0 aliphatic rings. The van der Waals surface area contributed by atoms with Crippen LogP contribution in [0.3, 0.4) is 0 Å². The number of hydrogen-bond acceptors (Lipinski definition) is 6. The Morgan fingerprint density at radius 3 is 2.32 bits per heavy atom. The van der Waals surface area contributed by atoms with Crippen molar-refractivity contribution in [2.75, 3.05) is 18.5 Å². The van der Waals surface area contributed by atoms with Gasteiger partial charge in [-0.3, -0.25) is 0 Å². The molecule has 0 unspecified atom stereocenters. The van der Waals surface area contributed by atoms with E-state index in [4.69, 9.17) is 14.0 Å². The maximum atomic E-state index is 5.76. The molecule has 0 saturated heterocycles. The fourth-order valence-electron chi connectivity index (χ4n) is 3.04. The Bertz CT molecular complexity index is 1060. The van der Waals surface area contributed by atoms with Crippen molar-refractivity contribution >= 4 is 22.3 Å². The zero-order chi connectivity index (χ0) is 19.3. The summed E-state index contributed by atoms with van der Waals surface area (Å²) < 4.78 is 16.7. The smallest absolute Gasteiger partial charge is 0.166 e. The highest BCUT2D eigenvalue weighted by atomic mass is 16.5. The summed E-state index contributed by atoms with van der Waals surface area (Å²) in [7, 11) is 0. The average Bonchev–Trinajstić information content (AvgIpc) is 3.25. The quantitative estimate of drug-likeness (QED) is 0.464. The Morgan fingerprint density at radius 1 is 0.893 bits per heavy atom. The van der Waals surface area contributed by atoms with E-state index in [2.05, 4.69) is 15.5 Å². The minimum Gasteiger partial charge on any atom is -0.490 e. The number of ether oxygens (including phenoxy) is 2. The normalized spacial score (nSPS) is 10.8. The van der Waals surface area contributed by atoms with Crippen LogP contribution in [-0.4, -0.2) is 23.4 Å². The summed E-state index contributed by atoms with van der Waals surface area (Å²) in [5.74, 6) is 2.95. The lowest BCUT2D eigenvalue weighted by molar-refractivity contribution is 0.288. The Morgan fingerprint density at radius 2 is 1.64 bits per heavy atom. The summed E-state index contributed by atoms with van der Waals surface area (Å²) in [5.41, 5.74) is 1.89. The number of anilines is 2. The summed E-state index contributed by atoms with van der Waals surface area (Å²) in [6.45, 7) is 5.07. The molecule has 0 aliphatic carbocycles. The average molecular weight is 375 g/mol. The van der Waals surface area contributed by atoms with Crippen LogP contribution in [0.1, 0.15) is 13.8 Å². The summed E-state index contributed by atoms with van der Waals surface area (Å²) in [6.07, 6.45) is 3.41. The van der Waals surface area contributed by atoms with Crippen LogP contribution >= 0.6 is 0 Å². The number of pyridine rings is 1. The molecule has 142 valence electrons. The van der Waals surface area contributed by atoms with Gasteiger partial charge in [0.25, 0.3) is 0 Å². The molecular weight excluding hydrogens is 354 g/mol. The van der Waals surface area contributed by atoms with Gasteiger partial charge in [-0.05, 0) is 61.7 Å². The predicted molar refractivity (Wildman–Crippen MR) is 109 cm³/mol. The van der Waals surface area contributed by atoms with Crippen LogP contribution in [0.5, 0.6) is 11.5 Å². The molecule has 0 fully saturated rings. The van der Waals surface area contributed by atoms with E-state index in [1.165, 1.54) is 0 Å². The van der Waals surface area contributed by atoms with Crippen LogP contribution in [0.2, 0.25) is 0 Å². The van der Waals surface area contributed by atoms with Crippen molar-refractivity contribution in [1.29, 1.82) is 0 Å². The zero-order valence-corrected chi connectivity index (χ0v) is 15.8. The lowest BCUT2D eigenvalue weighted by Crippen LogP contribution is -2.00. The van der Waals surface area contributed by atoms with Gasteiger partial charge >= 0.3 is 0 Å². The van der Waals surface area contributed by atoms with Crippen molar-refractivity contribution < 1.29 is 14.0 Å². The van der Waals surface area contributed by atoms with E-state index in [-0.39, 0.29) is 0 Å². The van der Waals surface area contributed by atoms with E-state index in [0.29, 0.717) is 19.0 Å². The van der Waals surface area contributed by atoms with E-state index in [1.807, 2.05) is 62.4 Å². The minimum atomic E-state index is 0.567. The van der Waals surface area contributed by atoms with Gasteiger partial charge in [0.1, 0.15) is 5.82 Å². The third kappa shape index (κ3) is 3.62. The Balaban J connectivity index is 1.67. The van der Waals surface area contributed by atoms with Crippen LogP contribution < -0.4 is 14.8 Å². The van der Waals surface area contributed by atoms with Crippen molar-refractivity contribution in [3.05, 3.63) is 60.9 Å². The standard InChI is InChI=1S/C22H21N3O3/c1-3-26-20-13-16-9-11-23-22(18(16)14-21(20)27-4-2)25-17-7-5-15(6-8-17)19-10-12-24-28-19/h5-14H,3-4H2,1-2H3,(H,23,25). The first kappa shape index (κ1) is 17.9. The number of nitrogens with zero attached hydrogens (tertiary/aromatic N) is 2. The van der Waals surface area contributed by atoms with Gasteiger partial charge in [-0.2, -0.15) is 0 Å². The molecule has 0 radical (unpaired) electrons. The number of fused-ring (bicyclic) bond motifs is 1. The highest BCUT2D eigenvalue weighted by Crippen LogP contribution is 2.36. The van der Waals surface area contributed by atoms with Crippen molar-refractivity contribution in [1.82, 2.24) is 10.1 Å². The SMILES string of the molecule is CCOc1cc2ccnc(Nc3ccc(-c4ccno4)cc3)c2cc1OCC. The molecule has 1 N–H and O–H groups in total. The molecule has 2 heterocycles. The van der Waals surface area contributed by atoms with E-state index in [1.54, 1.807) is 12.4 Å². The number of aromatic nitrogens is 2. The fraction of sp³-hybridized carbons (Fsp3) is 0.182. The van der Waals surface area contributed by atoms with E-state index in [0.717, 1.165) is 39.4 Å². The zero-order valence-electron chi connectivity index (χ0n) is 15.8. The molecule has 0 atom stereocenters. The van der Waals surface area contributed by atoms with Crippen molar-refractivity contribution in [3.8, 4) is 22.8 Å². The fourth-order valence-corrected chi connectivity index (χ4v) is 3.04. The Hall–Kier alpha value is -3.54. The van der Waals surface area contributed by atoms with Crippen molar-refractivity contribution in [2.45, 2.75) is 13.8 Å². The molecular formula is C22H21N3O3. The second-order valence-electron chi connectivity index (χ2n) is 6.12. The van der Waals surface area contributed by atoms with Gasteiger partial charge in [0.15, 0.2) is 17.3 Å². The summed E-state index contributed by atoms with van der Waals surface area (Å²) >= 11 is 0. The van der Waals surface area contributed by atoms with Gasteiger partial charge in [0, 0.05) is 28.9 Å². The molecule has 0 amide bonds. The van der Waals surface area contributed by atoms with Crippen LogP contribution in [0.25, 0.3) is 22.1 Å². The molecule has 2 aromatic heterocycles. The summed E-state index contributed by atoms with van der Waals surface area (Å²) in [6, 6.07) is 15.7. The molecule has 0 bridgehead atoms. The van der Waals surface area contributed by atoms with Crippen LogP contribution in [0.4, 0.5) is 11.5 Å². The van der Waals surface area contributed by atoms with E-state index < -0.39 is 0 Å². The molecule has 0 spiro atoms. The second kappa shape index (κ2) is 8.00. The van der Waals surface area contributed by atoms with Gasteiger partial charge in [0.2, 0.25) is 0 Å². The summed E-state index contributed by atoms with van der Waals surface area (Å²) in [5, 5.41) is 9.13. The third-order valence-corrected chi connectivity index (χ3v) is 4.30. The first-order valence-corrected chi connectivity index (χ1v) is 9.25. The second-order valence-corrected chi connectivity index (χ2v) is 6.12. The first-order chi connectivity index (χ1) is 13.8. The number of benzene rings is 2. The monoisotopic (exact) mass is 375 g/mol. The summed E-state index contributed by atoms with van der Waals surface area (Å²) in [4.78, 5) is 4.52. The van der Waals surface area contributed by atoms with Crippen molar-refractivity contribution in [2.24, 2.45) is 0 Å². The van der Waals surface area contributed by atoms with Gasteiger partial charge < -0.3 is 19.3 Å². The van der Waals surface area contributed by atoms with Gasteiger partial charge in [0.05, 0.1) is 19.4 Å². The highest BCUT2D eigenvalue weighted by molar-refractivity contribution is 5.95. The largest absolute Gasteiger partial charge is 0.490 e. The molecule has 2 aromatic carbocycles. The molecule has 28 heavy (non-hydrogen) atoms. The molecule has 6 nitrogen and oxygen atoms in total. The van der Waals surface area contributed by atoms with Crippen LogP contribution in [0.15, 0.2) is 65.4 Å². The van der Waals surface area contributed by atoms with Gasteiger partial charge in [-0.15, -0.1) is 0 Å². The van der Waals surface area contributed by atoms with E-state index >= 15 is 0 Å². The van der Waals surface area contributed by atoms with Crippen LogP contribution in [0, 0.1) is 0 Å². The number of nitrogens with one attached hydrogen (secondary N) is 1. The topological polar surface area (TPSA) is 69.4 Å². The highest BCUT2D eigenvalue weighted by Gasteiger charge is 2.11. The molecule has 0 aliphatic heterocycles.